The fourth-order valence-electron chi connectivity index (χ4n) is 1.97. The van der Waals surface area contributed by atoms with Crippen molar-refractivity contribution in [2.75, 3.05) is 19.6 Å². The van der Waals surface area contributed by atoms with Crippen LogP contribution in [0.1, 0.15) is 39.4 Å². The first-order valence-corrected chi connectivity index (χ1v) is 8.00. The van der Waals surface area contributed by atoms with Gasteiger partial charge in [0.05, 0.1) is 12.8 Å². The third kappa shape index (κ3) is 7.15. The SMILES string of the molecule is CCNC(=NCC(=O)NCc1ccco1)NCC(CC)CC. The van der Waals surface area contributed by atoms with Crippen LogP contribution in [0.3, 0.4) is 0 Å². The molecule has 1 amide bonds. The first-order valence-electron chi connectivity index (χ1n) is 8.00. The number of carbonyl (C=O) groups is 1. The summed E-state index contributed by atoms with van der Waals surface area (Å²) in [7, 11) is 0. The second kappa shape index (κ2) is 10.7. The van der Waals surface area contributed by atoms with Crippen molar-refractivity contribution in [3.63, 3.8) is 0 Å². The summed E-state index contributed by atoms with van der Waals surface area (Å²) in [5.41, 5.74) is 0. The lowest BCUT2D eigenvalue weighted by molar-refractivity contribution is -0.119. The average molecular weight is 308 g/mol. The Labute approximate surface area is 132 Å². The lowest BCUT2D eigenvalue weighted by Crippen LogP contribution is -2.40. The zero-order chi connectivity index (χ0) is 16.2. The van der Waals surface area contributed by atoms with Crippen molar-refractivity contribution >= 4 is 11.9 Å². The second-order valence-corrected chi connectivity index (χ2v) is 5.11. The van der Waals surface area contributed by atoms with Crippen LogP contribution in [0.5, 0.6) is 0 Å². The van der Waals surface area contributed by atoms with E-state index < -0.39 is 0 Å². The van der Waals surface area contributed by atoms with Crippen LogP contribution in [-0.2, 0) is 11.3 Å². The molecule has 0 saturated heterocycles. The molecule has 3 N–H and O–H groups in total. The summed E-state index contributed by atoms with van der Waals surface area (Å²) in [6, 6.07) is 3.62. The molecule has 124 valence electrons. The van der Waals surface area contributed by atoms with Crippen LogP contribution < -0.4 is 16.0 Å². The summed E-state index contributed by atoms with van der Waals surface area (Å²) in [5, 5.41) is 9.21. The number of aliphatic imine (C=N–C) groups is 1. The fourth-order valence-corrected chi connectivity index (χ4v) is 1.97. The molecule has 0 saturated carbocycles. The van der Waals surface area contributed by atoms with E-state index in [4.69, 9.17) is 4.42 Å². The predicted octanol–water partition coefficient (Wildman–Crippen LogP) is 1.89. The second-order valence-electron chi connectivity index (χ2n) is 5.11. The molecular formula is C16H28N4O2. The topological polar surface area (TPSA) is 78.7 Å². The molecule has 22 heavy (non-hydrogen) atoms. The summed E-state index contributed by atoms with van der Waals surface area (Å²) in [5.74, 6) is 1.91. The van der Waals surface area contributed by atoms with Crippen molar-refractivity contribution in [1.29, 1.82) is 0 Å². The standard InChI is InChI=1S/C16H28N4O2/c1-4-13(5-2)10-19-16(17-6-3)20-12-15(21)18-11-14-8-7-9-22-14/h7-9,13H,4-6,10-12H2,1-3H3,(H,18,21)(H2,17,19,20). The Bertz CT molecular complexity index is 439. The van der Waals surface area contributed by atoms with Crippen molar-refractivity contribution in [3.05, 3.63) is 24.2 Å². The van der Waals surface area contributed by atoms with Crippen LogP contribution in [0.4, 0.5) is 0 Å². The zero-order valence-electron chi connectivity index (χ0n) is 13.8. The largest absolute Gasteiger partial charge is 0.467 e. The van der Waals surface area contributed by atoms with Gasteiger partial charge >= 0.3 is 0 Å². The minimum Gasteiger partial charge on any atom is -0.467 e. The number of furan rings is 1. The molecule has 0 aliphatic rings. The third-order valence-electron chi connectivity index (χ3n) is 3.48. The number of nitrogens with zero attached hydrogens (tertiary/aromatic N) is 1. The van der Waals surface area contributed by atoms with Gasteiger partial charge in [0.15, 0.2) is 5.96 Å². The van der Waals surface area contributed by atoms with Gasteiger partial charge in [0.2, 0.25) is 5.91 Å². The van der Waals surface area contributed by atoms with Gasteiger partial charge in [0, 0.05) is 13.1 Å². The number of hydrogen-bond acceptors (Lipinski definition) is 3. The van der Waals surface area contributed by atoms with Crippen molar-refractivity contribution in [2.24, 2.45) is 10.9 Å². The smallest absolute Gasteiger partial charge is 0.242 e. The van der Waals surface area contributed by atoms with Crippen LogP contribution in [0.2, 0.25) is 0 Å². The minimum absolute atomic E-state index is 0.0962. The van der Waals surface area contributed by atoms with Gasteiger partial charge in [-0.1, -0.05) is 26.7 Å². The number of guanidine groups is 1. The van der Waals surface area contributed by atoms with E-state index >= 15 is 0 Å². The van der Waals surface area contributed by atoms with Crippen molar-refractivity contribution in [1.82, 2.24) is 16.0 Å². The van der Waals surface area contributed by atoms with E-state index in [0.717, 1.165) is 31.7 Å². The lowest BCUT2D eigenvalue weighted by Gasteiger charge is -2.16. The van der Waals surface area contributed by atoms with Gasteiger partial charge in [-0.2, -0.15) is 0 Å². The highest BCUT2D eigenvalue weighted by Gasteiger charge is 2.06. The molecule has 0 fully saturated rings. The molecule has 1 aromatic rings. The minimum atomic E-state index is -0.129. The maximum absolute atomic E-state index is 11.8. The average Bonchev–Trinajstić information content (AvgIpc) is 3.04. The molecule has 0 aliphatic carbocycles. The Kier molecular flexibility index (Phi) is 8.79. The predicted molar refractivity (Wildman–Crippen MR) is 88.6 cm³/mol. The first-order chi connectivity index (χ1) is 10.7. The van der Waals surface area contributed by atoms with Crippen LogP contribution in [0.15, 0.2) is 27.8 Å². The molecule has 6 nitrogen and oxygen atoms in total. The lowest BCUT2D eigenvalue weighted by atomic mass is 10.0. The molecule has 6 heteroatoms. The first kappa shape index (κ1) is 18.1. The van der Waals surface area contributed by atoms with Gasteiger partial charge in [0.25, 0.3) is 0 Å². The zero-order valence-corrected chi connectivity index (χ0v) is 13.8. The summed E-state index contributed by atoms with van der Waals surface area (Å²) < 4.78 is 5.16. The van der Waals surface area contributed by atoms with E-state index in [1.54, 1.807) is 12.3 Å². The maximum Gasteiger partial charge on any atom is 0.242 e. The number of rotatable bonds is 9. The number of carbonyl (C=O) groups excluding carboxylic acids is 1. The quantitative estimate of drug-likeness (QED) is 0.481. The van der Waals surface area contributed by atoms with E-state index in [0.29, 0.717) is 18.4 Å². The van der Waals surface area contributed by atoms with E-state index in [1.807, 2.05) is 13.0 Å². The highest BCUT2D eigenvalue weighted by molar-refractivity contribution is 5.84. The van der Waals surface area contributed by atoms with E-state index in [-0.39, 0.29) is 12.5 Å². The van der Waals surface area contributed by atoms with Crippen LogP contribution in [-0.4, -0.2) is 31.5 Å². The highest BCUT2D eigenvalue weighted by atomic mass is 16.3. The van der Waals surface area contributed by atoms with Gasteiger partial charge in [-0.05, 0) is 25.0 Å². The molecule has 0 bridgehead atoms. The Morgan fingerprint density at radius 1 is 1.23 bits per heavy atom. The van der Waals surface area contributed by atoms with Crippen LogP contribution >= 0.6 is 0 Å². The van der Waals surface area contributed by atoms with Gasteiger partial charge in [-0.3, -0.25) is 4.79 Å². The monoisotopic (exact) mass is 308 g/mol. The number of hydrogen-bond donors (Lipinski definition) is 3. The van der Waals surface area contributed by atoms with Crippen molar-refractivity contribution < 1.29 is 9.21 Å². The van der Waals surface area contributed by atoms with Gasteiger partial charge in [0.1, 0.15) is 12.3 Å². The highest BCUT2D eigenvalue weighted by Crippen LogP contribution is 2.04. The van der Waals surface area contributed by atoms with Gasteiger partial charge in [-0.25, -0.2) is 4.99 Å². The molecule has 0 radical (unpaired) electrons. The molecule has 0 aromatic carbocycles. The summed E-state index contributed by atoms with van der Waals surface area (Å²) in [6.07, 6.45) is 3.85. The summed E-state index contributed by atoms with van der Waals surface area (Å²) in [6.45, 7) is 8.49. The van der Waals surface area contributed by atoms with Gasteiger partial charge in [-0.15, -0.1) is 0 Å². The Morgan fingerprint density at radius 2 is 2.00 bits per heavy atom. The molecule has 0 unspecified atom stereocenters. The molecule has 1 heterocycles. The number of nitrogens with one attached hydrogen (secondary N) is 3. The maximum atomic E-state index is 11.8. The van der Waals surface area contributed by atoms with Gasteiger partial charge < -0.3 is 20.4 Å². The van der Waals surface area contributed by atoms with Crippen molar-refractivity contribution in [3.8, 4) is 0 Å². The van der Waals surface area contributed by atoms with Crippen molar-refractivity contribution in [2.45, 2.75) is 40.2 Å². The summed E-state index contributed by atoms with van der Waals surface area (Å²) >= 11 is 0. The Hall–Kier alpha value is -1.98. The molecule has 1 rings (SSSR count). The van der Waals surface area contributed by atoms with Crippen LogP contribution in [0.25, 0.3) is 0 Å². The Balaban J connectivity index is 2.38. The normalized spacial score (nSPS) is 11.5. The number of amides is 1. The van der Waals surface area contributed by atoms with Crippen LogP contribution in [0, 0.1) is 5.92 Å². The van der Waals surface area contributed by atoms with E-state index in [1.165, 1.54) is 0 Å². The molecular weight excluding hydrogens is 280 g/mol. The molecule has 0 atom stereocenters. The third-order valence-corrected chi connectivity index (χ3v) is 3.48. The molecule has 1 aromatic heterocycles. The Morgan fingerprint density at radius 3 is 2.59 bits per heavy atom. The molecule has 0 aliphatic heterocycles. The molecule has 0 spiro atoms. The fraction of sp³-hybridized carbons (Fsp3) is 0.625. The summed E-state index contributed by atoms with van der Waals surface area (Å²) in [4.78, 5) is 16.1. The van der Waals surface area contributed by atoms with E-state index in [2.05, 4.69) is 34.8 Å². The van der Waals surface area contributed by atoms with E-state index in [9.17, 15) is 4.79 Å².